The van der Waals surface area contributed by atoms with Crippen molar-refractivity contribution in [1.82, 2.24) is 20.2 Å². The van der Waals surface area contributed by atoms with Gasteiger partial charge in [-0.25, -0.2) is 4.79 Å². The SMILES string of the molecule is COc1ccc2c(Oc3ccccc3NC(N)=O)nc(OC(C)N3CCNCC3C(C)O)nc2c1. The Kier molecular flexibility index (Phi) is 7.49. The quantitative estimate of drug-likeness (QED) is 0.380. The van der Waals surface area contributed by atoms with Crippen LogP contribution in [0.1, 0.15) is 13.8 Å². The van der Waals surface area contributed by atoms with Crippen LogP contribution in [0.25, 0.3) is 10.9 Å². The first kappa shape index (κ1) is 24.5. The fraction of sp³-hybridized carbons (Fsp3) is 0.375. The number of piperazine rings is 1. The molecule has 1 aromatic heterocycles. The maximum atomic E-state index is 11.4. The number of aromatic nitrogens is 2. The third kappa shape index (κ3) is 5.70. The Hall–Kier alpha value is -3.67. The van der Waals surface area contributed by atoms with Crippen molar-refractivity contribution in [2.24, 2.45) is 5.73 Å². The number of rotatable bonds is 8. The number of nitrogens with two attached hydrogens (primary N) is 1. The number of hydrogen-bond donors (Lipinski definition) is 4. The average Bonchev–Trinajstić information content (AvgIpc) is 2.84. The van der Waals surface area contributed by atoms with Crippen LogP contribution in [-0.4, -0.2) is 71.1 Å². The lowest BCUT2D eigenvalue weighted by atomic mass is 10.1. The summed E-state index contributed by atoms with van der Waals surface area (Å²) in [4.78, 5) is 22.6. The minimum Gasteiger partial charge on any atom is -0.497 e. The predicted molar refractivity (Wildman–Crippen MR) is 131 cm³/mol. The van der Waals surface area contributed by atoms with E-state index in [9.17, 15) is 9.90 Å². The molecule has 4 rings (SSSR count). The molecule has 2 amide bonds. The van der Waals surface area contributed by atoms with Gasteiger partial charge in [0, 0.05) is 25.7 Å². The van der Waals surface area contributed by atoms with Gasteiger partial charge in [-0.1, -0.05) is 12.1 Å². The summed E-state index contributed by atoms with van der Waals surface area (Å²) in [5.74, 6) is 1.22. The van der Waals surface area contributed by atoms with Crippen molar-refractivity contribution in [3.05, 3.63) is 42.5 Å². The smallest absolute Gasteiger partial charge is 0.321 e. The second-order valence-corrected chi connectivity index (χ2v) is 8.25. The van der Waals surface area contributed by atoms with E-state index in [-0.39, 0.29) is 17.9 Å². The number of aliphatic hydroxyl groups excluding tert-OH is 1. The maximum absolute atomic E-state index is 11.4. The van der Waals surface area contributed by atoms with Crippen molar-refractivity contribution in [3.63, 3.8) is 0 Å². The molecule has 1 aliphatic heterocycles. The lowest BCUT2D eigenvalue weighted by molar-refractivity contribution is -0.0486. The molecule has 1 saturated heterocycles. The number of carbonyl (C=O) groups is 1. The van der Waals surface area contributed by atoms with Crippen molar-refractivity contribution in [2.75, 3.05) is 32.1 Å². The van der Waals surface area contributed by atoms with Gasteiger partial charge in [-0.2, -0.15) is 9.97 Å². The number of benzene rings is 2. The highest BCUT2D eigenvalue weighted by Crippen LogP contribution is 2.34. The van der Waals surface area contributed by atoms with E-state index in [1.165, 1.54) is 0 Å². The Morgan fingerprint density at radius 2 is 2.06 bits per heavy atom. The zero-order valence-corrected chi connectivity index (χ0v) is 19.9. The number of carbonyl (C=O) groups excluding carboxylic acids is 1. The van der Waals surface area contributed by atoms with Crippen LogP contribution in [0.4, 0.5) is 10.5 Å². The standard InChI is InChI=1S/C24H30N6O5/c1-14(31)20-13-26-10-11-30(20)15(2)34-24-28-19-12-16(33-3)8-9-17(19)22(29-24)35-21-7-5-4-6-18(21)27-23(25)32/h4-9,12,14-15,20,26,31H,10-11,13H2,1-3H3,(H3,25,27,32). The molecular formula is C24H30N6O5. The van der Waals surface area contributed by atoms with Gasteiger partial charge in [0.15, 0.2) is 12.0 Å². The summed E-state index contributed by atoms with van der Waals surface area (Å²) in [7, 11) is 1.57. The van der Waals surface area contributed by atoms with E-state index in [2.05, 4.69) is 25.5 Å². The molecule has 3 aromatic rings. The third-order valence-corrected chi connectivity index (χ3v) is 5.83. The van der Waals surface area contributed by atoms with Crippen LogP contribution in [0.15, 0.2) is 42.5 Å². The van der Waals surface area contributed by atoms with Gasteiger partial charge in [0.1, 0.15) is 5.75 Å². The maximum Gasteiger partial charge on any atom is 0.321 e. The summed E-state index contributed by atoms with van der Waals surface area (Å²) in [6.07, 6.45) is -0.944. The first-order chi connectivity index (χ1) is 16.9. The summed E-state index contributed by atoms with van der Waals surface area (Å²) >= 11 is 0. The fourth-order valence-corrected chi connectivity index (χ4v) is 4.07. The van der Waals surface area contributed by atoms with Gasteiger partial charge in [0.05, 0.1) is 35.8 Å². The largest absolute Gasteiger partial charge is 0.497 e. The average molecular weight is 483 g/mol. The number of amides is 2. The van der Waals surface area contributed by atoms with Crippen LogP contribution in [0.3, 0.4) is 0 Å². The van der Waals surface area contributed by atoms with Crippen LogP contribution in [0.2, 0.25) is 0 Å². The van der Waals surface area contributed by atoms with Crippen molar-refractivity contribution in [2.45, 2.75) is 32.2 Å². The number of ether oxygens (including phenoxy) is 3. The molecule has 0 radical (unpaired) electrons. The number of hydrogen-bond acceptors (Lipinski definition) is 9. The van der Waals surface area contributed by atoms with Gasteiger partial charge in [-0.05, 0) is 38.1 Å². The molecule has 0 bridgehead atoms. The molecule has 35 heavy (non-hydrogen) atoms. The van der Waals surface area contributed by atoms with Gasteiger partial charge in [-0.15, -0.1) is 0 Å². The Morgan fingerprint density at radius 1 is 1.26 bits per heavy atom. The first-order valence-corrected chi connectivity index (χ1v) is 11.4. The van der Waals surface area contributed by atoms with Crippen molar-refractivity contribution < 1.29 is 24.1 Å². The lowest BCUT2D eigenvalue weighted by Crippen LogP contribution is -2.59. The number of methoxy groups -OCH3 is 1. The topological polar surface area (TPSA) is 144 Å². The van der Waals surface area contributed by atoms with Gasteiger partial charge in [0.25, 0.3) is 0 Å². The summed E-state index contributed by atoms with van der Waals surface area (Å²) < 4.78 is 17.6. The molecule has 186 valence electrons. The monoisotopic (exact) mass is 482 g/mol. The van der Waals surface area contributed by atoms with Crippen molar-refractivity contribution in [1.29, 1.82) is 0 Å². The van der Waals surface area contributed by atoms with Gasteiger partial charge >= 0.3 is 12.0 Å². The van der Waals surface area contributed by atoms with E-state index in [1.807, 2.05) is 6.92 Å². The molecule has 1 fully saturated rings. The van der Waals surface area contributed by atoms with Crippen LogP contribution in [0.5, 0.6) is 23.4 Å². The van der Waals surface area contributed by atoms with Crippen LogP contribution < -0.4 is 30.6 Å². The van der Waals surface area contributed by atoms with Crippen LogP contribution in [0, 0.1) is 0 Å². The number of aliphatic hydroxyl groups is 1. The zero-order valence-electron chi connectivity index (χ0n) is 19.9. The Morgan fingerprint density at radius 3 is 2.80 bits per heavy atom. The molecule has 0 aliphatic carbocycles. The number of primary amides is 1. The van der Waals surface area contributed by atoms with E-state index in [1.54, 1.807) is 56.5 Å². The second-order valence-electron chi connectivity index (χ2n) is 8.25. The highest BCUT2D eigenvalue weighted by atomic mass is 16.5. The van der Waals surface area contributed by atoms with E-state index in [0.717, 1.165) is 6.54 Å². The number of anilines is 1. The van der Waals surface area contributed by atoms with Crippen molar-refractivity contribution in [3.8, 4) is 23.4 Å². The zero-order chi connectivity index (χ0) is 24.9. The molecule has 2 heterocycles. The molecule has 1 aliphatic rings. The molecular weight excluding hydrogens is 452 g/mol. The number of para-hydroxylation sites is 2. The normalized spacial score (nSPS) is 18.0. The van der Waals surface area contributed by atoms with E-state index in [4.69, 9.17) is 19.9 Å². The molecule has 0 spiro atoms. The van der Waals surface area contributed by atoms with E-state index < -0.39 is 18.4 Å². The van der Waals surface area contributed by atoms with Gasteiger partial charge in [0.2, 0.25) is 5.88 Å². The third-order valence-electron chi connectivity index (χ3n) is 5.83. The van der Waals surface area contributed by atoms with Crippen LogP contribution >= 0.6 is 0 Å². The molecule has 2 aromatic carbocycles. The molecule has 11 heteroatoms. The molecule has 5 N–H and O–H groups in total. The fourth-order valence-electron chi connectivity index (χ4n) is 4.07. The lowest BCUT2D eigenvalue weighted by Gasteiger charge is -2.40. The Labute approximate surface area is 203 Å². The molecule has 3 unspecified atom stereocenters. The number of fused-ring (bicyclic) bond motifs is 1. The Balaban J connectivity index is 1.69. The summed E-state index contributed by atoms with van der Waals surface area (Å²) in [5.41, 5.74) is 6.26. The van der Waals surface area contributed by atoms with Gasteiger partial charge in [-0.3, -0.25) is 4.90 Å². The minimum absolute atomic E-state index is 0.108. The van der Waals surface area contributed by atoms with E-state index >= 15 is 0 Å². The van der Waals surface area contributed by atoms with E-state index in [0.29, 0.717) is 41.2 Å². The number of nitrogens with one attached hydrogen (secondary N) is 2. The first-order valence-electron chi connectivity index (χ1n) is 11.4. The number of urea groups is 1. The molecule has 11 nitrogen and oxygen atoms in total. The van der Waals surface area contributed by atoms with Crippen LogP contribution in [-0.2, 0) is 0 Å². The minimum atomic E-state index is -0.708. The summed E-state index contributed by atoms with van der Waals surface area (Å²) in [5, 5.41) is 16.7. The summed E-state index contributed by atoms with van der Waals surface area (Å²) in [6.45, 7) is 5.80. The second kappa shape index (κ2) is 10.7. The Bertz CT molecular complexity index is 1190. The number of nitrogens with zero attached hydrogens (tertiary/aromatic N) is 3. The highest BCUT2D eigenvalue weighted by Gasteiger charge is 2.31. The van der Waals surface area contributed by atoms with Gasteiger partial charge < -0.3 is 35.7 Å². The molecule has 3 atom stereocenters. The summed E-state index contributed by atoms with van der Waals surface area (Å²) in [6, 6.07) is 11.5. The van der Waals surface area contributed by atoms with Crippen molar-refractivity contribution >= 4 is 22.6 Å². The highest BCUT2D eigenvalue weighted by molar-refractivity contribution is 5.90. The predicted octanol–water partition coefficient (Wildman–Crippen LogP) is 2.30. The molecule has 0 saturated carbocycles.